The average Bonchev–Trinajstić information content (AvgIpc) is 2.16. The predicted molar refractivity (Wildman–Crippen MR) is 66.2 cm³/mol. The van der Waals surface area contributed by atoms with Gasteiger partial charge in [-0.15, -0.1) is 0 Å². The molecule has 15 heavy (non-hydrogen) atoms. The van der Waals surface area contributed by atoms with Crippen molar-refractivity contribution in [1.82, 2.24) is 10.6 Å². The van der Waals surface area contributed by atoms with Crippen molar-refractivity contribution in [3.63, 3.8) is 0 Å². The van der Waals surface area contributed by atoms with Crippen LogP contribution in [-0.2, 0) is 4.79 Å². The Hall–Kier alpha value is -0.220. The Morgan fingerprint density at radius 1 is 1.60 bits per heavy atom. The number of hydrogen-bond donors (Lipinski definition) is 2. The Morgan fingerprint density at radius 2 is 2.33 bits per heavy atom. The molecule has 1 unspecified atom stereocenters. The van der Waals surface area contributed by atoms with E-state index in [1.807, 2.05) is 6.26 Å². The van der Waals surface area contributed by atoms with E-state index in [1.165, 1.54) is 12.8 Å². The first-order chi connectivity index (χ1) is 7.06. The lowest BCUT2D eigenvalue weighted by Gasteiger charge is -2.39. The van der Waals surface area contributed by atoms with Crippen LogP contribution in [0.2, 0.25) is 0 Å². The van der Waals surface area contributed by atoms with Gasteiger partial charge >= 0.3 is 0 Å². The molecule has 1 rings (SSSR count). The van der Waals surface area contributed by atoms with Crippen LogP contribution in [0.25, 0.3) is 0 Å². The molecule has 1 heterocycles. The van der Waals surface area contributed by atoms with E-state index in [0.717, 1.165) is 13.1 Å². The third-order valence-corrected chi connectivity index (χ3v) is 3.66. The molecule has 3 nitrogen and oxygen atoms in total. The lowest BCUT2D eigenvalue weighted by molar-refractivity contribution is -0.118. The zero-order valence-electron chi connectivity index (χ0n) is 9.93. The molecule has 1 fully saturated rings. The zero-order valence-corrected chi connectivity index (χ0v) is 10.7. The van der Waals surface area contributed by atoms with Gasteiger partial charge in [-0.1, -0.05) is 13.8 Å². The molecule has 0 bridgehead atoms. The molecule has 0 aliphatic carbocycles. The van der Waals surface area contributed by atoms with Crippen molar-refractivity contribution >= 4 is 17.7 Å². The van der Waals surface area contributed by atoms with Crippen molar-refractivity contribution in [2.75, 3.05) is 25.1 Å². The van der Waals surface area contributed by atoms with Gasteiger partial charge in [0.05, 0.1) is 5.75 Å². The molecule has 1 atom stereocenters. The van der Waals surface area contributed by atoms with E-state index in [0.29, 0.717) is 17.2 Å². The van der Waals surface area contributed by atoms with Crippen LogP contribution in [0.15, 0.2) is 0 Å². The van der Waals surface area contributed by atoms with Gasteiger partial charge in [0, 0.05) is 12.6 Å². The fourth-order valence-electron chi connectivity index (χ4n) is 2.02. The van der Waals surface area contributed by atoms with Crippen LogP contribution in [0.1, 0.15) is 26.7 Å². The van der Waals surface area contributed by atoms with Crippen molar-refractivity contribution < 1.29 is 4.79 Å². The Bertz CT molecular complexity index is 219. The minimum Gasteiger partial charge on any atom is -0.354 e. The lowest BCUT2D eigenvalue weighted by Crippen LogP contribution is -2.53. The number of rotatable bonds is 4. The lowest BCUT2D eigenvalue weighted by atomic mass is 9.77. The first kappa shape index (κ1) is 12.8. The van der Waals surface area contributed by atoms with Gasteiger partial charge in [0.1, 0.15) is 0 Å². The summed E-state index contributed by atoms with van der Waals surface area (Å²) in [4.78, 5) is 11.3. The minimum atomic E-state index is 0.144. The summed E-state index contributed by atoms with van der Waals surface area (Å²) < 4.78 is 0. The summed E-state index contributed by atoms with van der Waals surface area (Å²) in [6.07, 6.45) is 4.42. The molecule has 88 valence electrons. The van der Waals surface area contributed by atoms with Gasteiger partial charge in [-0.2, -0.15) is 11.8 Å². The second-order valence-corrected chi connectivity index (χ2v) is 5.70. The Kier molecular flexibility index (Phi) is 4.93. The van der Waals surface area contributed by atoms with E-state index in [4.69, 9.17) is 0 Å². The second kappa shape index (κ2) is 5.75. The maximum absolute atomic E-state index is 11.3. The molecule has 0 aromatic rings. The molecule has 1 aliphatic rings. The maximum atomic E-state index is 11.3. The molecule has 0 aromatic heterocycles. The summed E-state index contributed by atoms with van der Waals surface area (Å²) in [5.74, 6) is 0.707. The number of piperidine rings is 1. The highest BCUT2D eigenvalue weighted by Gasteiger charge is 2.31. The average molecular weight is 230 g/mol. The van der Waals surface area contributed by atoms with E-state index in [9.17, 15) is 4.79 Å². The van der Waals surface area contributed by atoms with Crippen LogP contribution in [0.3, 0.4) is 0 Å². The largest absolute Gasteiger partial charge is 0.354 e. The SMILES string of the molecule is CSCC(=O)NCC1NCCCC1(C)C. The summed E-state index contributed by atoms with van der Waals surface area (Å²) >= 11 is 1.56. The quantitative estimate of drug-likeness (QED) is 0.763. The maximum Gasteiger partial charge on any atom is 0.230 e. The molecule has 0 radical (unpaired) electrons. The van der Waals surface area contributed by atoms with Crippen LogP contribution in [-0.4, -0.2) is 37.0 Å². The van der Waals surface area contributed by atoms with Gasteiger partial charge in [0.15, 0.2) is 0 Å². The third-order valence-electron chi connectivity index (χ3n) is 3.11. The van der Waals surface area contributed by atoms with Gasteiger partial charge in [-0.25, -0.2) is 0 Å². The Balaban J connectivity index is 2.33. The van der Waals surface area contributed by atoms with Gasteiger partial charge < -0.3 is 10.6 Å². The van der Waals surface area contributed by atoms with Crippen molar-refractivity contribution in [1.29, 1.82) is 0 Å². The summed E-state index contributed by atoms with van der Waals surface area (Å²) in [6, 6.07) is 0.414. The van der Waals surface area contributed by atoms with Crippen molar-refractivity contribution in [3.05, 3.63) is 0 Å². The number of hydrogen-bond acceptors (Lipinski definition) is 3. The molecule has 2 N–H and O–H groups in total. The van der Waals surface area contributed by atoms with Gasteiger partial charge in [-0.05, 0) is 31.1 Å². The van der Waals surface area contributed by atoms with Crippen LogP contribution >= 0.6 is 11.8 Å². The molecular weight excluding hydrogens is 208 g/mol. The van der Waals surface area contributed by atoms with E-state index < -0.39 is 0 Å². The van der Waals surface area contributed by atoms with Crippen molar-refractivity contribution in [3.8, 4) is 0 Å². The van der Waals surface area contributed by atoms with E-state index >= 15 is 0 Å². The number of thioether (sulfide) groups is 1. The normalized spacial score (nSPS) is 24.9. The zero-order chi connectivity index (χ0) is 11.3. The Morgan fingerprint density at radius 3 is 2.93 bits per heavy atom. The third kappa shape index (κ3) is 4.03. The highest BCUT2D eigenvalue weighted by Crippen LogP contribution is 2.29. The molecule has 4 heteroatoms. The number of nitrogens with one attached hydrogen (secondary N) is 2. The number of carbonyl (C=O) groups excluding carboxylic acids is 1. The van der Waals surface area contributed by atoms with E-state index in [2.05, 4.69) is 24.5 Å². The molecule has 1 aliphatic heterocycles. The second-order valence-electron chi connectivity index (χ2n) is 4.84. The van der Waals surface area contributed by atoms with E-state index in [-0.39, 0.29) is 5.91 Å². The summed E-state index contributed by atoms with van der Waals surface area (Å²) in [5, 5.41) is 6.47. The number of amides is 1. The van der Waals surface area contributed by atoms with Crippen LogP contribution in [0, 0.1) is 5.41 Å². The van der Waals surface area contributed by atoms with Gasteiger partial charge in [0.25, 0.3) is 0 Å². The van der Waals surface area contributed by atoms with Crippen LogP contribution in [0.4, 0.5) is 0 Å². The van der Waals surface area contributed by atoms with E-state index in [1.54, 1.807) is 11.8 Å². The molecular formula is C11H22N2OS. The fourth-order valence-corrected chi connectivity index (χ4v) is 2.38. The molecule has 1 saturated heterocycles. The summed E-state index contributed by atoms with van der Waals surface area (Å²) in [6.45, 7) is 6.37. The summed E-state index contributed by atoms with van der Waals surface area (Å²) in [7, 11) is 0. The first-order valence-electron chi connectivity index (χ1n) is 5.55. The smallest absolute Gasteiger partial charge is 0.230 e. The molecule has 1 amide bonds. The van der Waals surface area contributed by atoms with Crippen molar-refractivity contribution in [2.24, 2.45) is 5.41 Å². The highest BCUT2D eigenvalue weighted by molar-refractivity contribution is 7.99. The molecule has 0 spiro atoms. The number of carbonyl (C=O) groups is 1. The fraction of sp³-hybridized carbons (Fsp3) is 0.909. The predicted octanol–water partition coefficient (Wildman–Crippen LogP) is 1.24. The minimum absolute atomic E-state index is 0.144. The monoisotopic (exact) mass is 230 g/mol. The van der Waals surface area contributed by atoms with Crippen LogP contribution in [0.5, 0.6) is 0 Å². The highest BCUT2D eigenvalue weighted by atomic mass is 32.2. The standard InChI is InChI=1S/C11H22N2OS/c1-11(2)5-4-6-12-9(11)7-13-10(14)8-15-3/h9,12H,4-8H2,1-3H3,(H,13,14). The molecule has 0 aromatic carbocycles. The Labute approximate surface area is 96.8 Å². The first-order valence-corrected chi connectivity index (χ1v) is 6.94. The van der Waals surface area contributed by atoms with Gasteiger partial charge in [-0.3, -0.25) is 4.79 Å². The van der Waals surface area contributed by atoms with Crippen LogP contribution < -0.4 is 10.6 Å². The van der Waals surface area contributed by atoms with Crippen molar-refractivity contribution in [2.45, 2.75) is 32.7 Å². The topological polar surface area (TPSA) is 41.1 Å². The van der Waals surface area contributed by atoms with Gasteiger partial charge in [0.2, 0.25) is 5.91 Å². The molecule has 0 saturated carbocycles. The summed E-state index contributed by atoms with van der Waals surface area (Å²) in [5.41, 5.74) is 0.297.